The number of aromatic nitrogens is 2. The van der Waals surface area contributed by atoms with Gasteiger partial charge in [-0.3, -0.25) is 9.69 Å². The maximum atomic E-state index is 12.2. The lowest BCUT2D eigenvalue weighted by Crippen LogP contribution is -2.38. The van der Waals surface area contributed by atoms with Gasteiger partial charge < -0.3 is 9.32 Å². The average Bonchev–Trinajstić information content (AvgIpc) is 3.11. The van der Waals surface area contributed by atoms with Gasteiger partial charge in [0.1, 0.15) is 0 Å². The molecule has 0 bridgehead atoms. The highest BCUT2D eigenvalue weighted by Gasteiger charge is 2.32. The molecule has 1 aliphatic heterocycles. The van der Waals surface area contributed by atoms with Crippen LogP contribution in [0.5, 0.6) is 0 Å². The fourth-order valence-electron chi connectivity index (χ4n) is 2.68. The molecule has 136 valence electrons. The number of hydrogen-bond acceptors (Lipinski definition) is 8. The molecular formula is C14H24N4O4S2. The molecule has 10 heteroatoms. The van der Waals surface area contributed by atoms with Crippen LogP contribution in [0, 0.1) is 0 Å². The number of nitrogens with zero attached hydrogens (tertiary/aromatic N) is 4. The predicted octanol–water partition coefficient (Wildman–Crippen LogP) is 0.820. The first-order valence-electron chi connectivity index (χ1n) is 7.82. The van der Waals surface area contributed by atoms with Gasteiger partial charge in [-0.2, -0.15) is 0 Å². The molecule has 0 spiro atoms. The van der Waals surface area contributed by atoms with Crippen molar-refractivity contribution in [1.29, 1.82) is 0 Å². The highest BCUT2D eigenvalue weighted by Crippen LogP contribution is 2.25. The molecular weight excluding hydrogens is 352 g/mol. The van der Waals surface area contributed by atoms with E-state index in [2.05, 4.69) is 10.2 Å². The summed E-state index contributed by atoms with van der Waals surface area (Å²) in [5.41, 5.74) is 0. The zero-order valence-electron chi connectivity index (χ0n) is 14.4. The van der Waals surface area contributed by atoms with Gasteiger partial charge in [0, 0.05) is 13.1 Å². The molecule has 1 fully saturated rings. The maximum Gasteiger partial charge on any atom is 0.277 e. The Bertz CT molecular complexity index is 674. The van der Waals surface area contributed by atoms with Gasteiger partial charge in [0.15, 0.2) is 9.84 Å². The van der Waals surface area contributed by atoms with E-state index in [0.717, 1.165) is 6.42 Å². The molecule has 1 aromatic rings. The largest absolute Gasteiger partial charge is 0.414 e. The van der Waals surface area contributed by atoms with Crippen molar-refractivity contribution in [2.24, 2.45) is 0 Å². The Morgan fingerprint density at radius 2 is 2.08 bits per heavy atom. The fourth-order valence-corrected chi connectivity index (χ4v) is 5.15. The van der Waals surface area contributed by atoms with E-state index in [0.29, 0.717) is 17.5 Å². The van der Waals surface area contributed by atoms with Gasteiger partial charge in [-0.15, -0.1) is 10.2 Å². The monoisotopic (exact) mass is 376 g/mol. The molecule has 2 rings (SSSR count). The Morgan fingerprint density at radius 3 is 2.62 bits per heavy atom. The smallest absolute Gasteiger partial charge is 0.277 e. The van der Waals surface area contributed by atoms with E-state index < -0.39 is 9.84 Å². The van der Waals surface area contributed by atoms with Crippen LogP contribution in [0.1, 0.15) is 31.7 Å². The second kappa shape index (κ2) is 7.83. The minimum absolute atomic E-state index is 0.0472. The molecule has 1 saturated heterocycles. The lowest BCUT2D eigenvalue weighted by molar-refractivity contribution is -0.128. The third kappa shape index (κ3) is 4.70. The van der Waals surface area contributed by atoms with Gasteiger partial charge in [0.2, 0.25) is 11.8 Å². The molecule has 1 aromatic heterocycles. The summed E-state index contributed by atoms with van der Waals surface area (Å²) < 4.78 is 28.7. The highest BCUT2D eigenvalue weighted by atomic mass is 32.2. The molecule has 8 nitrogen and oxygen atoms in total. The van der Waals surface area contributed by atoms with Crippen molar-refractivity contribution in [3.8, 4) is 0 Å². The quantitative estimate of drug-likeness (QED) is 0.645. The van der Waals surface area contributed by atoms with Crippen LogP contribution in [0.2, 0.25) is 0 Å². The molecule has 0 N–H and O–H groups in total. The zero-order valence-corrected chi connectivity index (χ0v) is 16.1. The molecule has 2 atom stereocenters. The Balaban J connectivity index is 1.89. The van der Waals surface area contributed by atoms with Crippen LogP contribution in [0.3, 0.4) is 0 Å². The first kappa shape index (κ1) is 19.2. The van der Waals surface area contributed by atoms with Gasteiger partial charge in [0.05, 0.1) is 23.3 Å². The second-order valence-electron chi connectivity index (χ2n) is 6.14. The van der Waals surface area contributed by atoms with E-state index in [1.54, 1.807) is 7.05 Å². The summed E-state index contributed by atoms with van der Waals surface area (Å²) in [5, 5.41) is 8.37. The van der Waals surface area contributed by atoms with E-state index >= 15 is 0 Å². The van der Waals surface area contributed by atoms with Gasteiger partial charge in [-0.25, -0.2) is 8.42 Å². The summed E-state index contributed by atoms with van der Waals surface area (Å²) in [4.78, 5) is 15.8. The van der Waals surface area contributed by atoms with E-state index in [9.17, 15) is 13.2 Å². The minimum Gasteiger partial charge on any atom is -0.414 e. The predicted molar refractivity (Wildman–Crippen MR) is 91.6 cm³/mol. The third-order valence-corrected chi connectivity index (χ3v) is 6.74. The van der Waals surface area contributed by atoms with Crippen LogP contribution in [-0.2, 0) is 14.6 Å². The van der Waals surface area contributed by atoms with Crippen molar-refractivity contribution in [3.05, 3.63) is 5.89 Å². The zero-order chi connectivity index (χ0) is 17.9. The Hall–Kier alpha value is -1.13. The number of hydrogen-bond donors (Lipinski definition) is 0. The molecule has 0 aromatic carbocycles. The number of carbonyl (C=O) groups excluding carboxylic acids is 1. The summed E-state index contributed by atoms with van der Waals surface area (Å²) in [6.07, 6.45) is 1.35. The highest BCUT2D eigenvalue weighted by molar-refractivity contribution is 7.99. The molecule has 0 saturated carbocycles. The fraction of sp³-hybridized carbons (Fsp3) is 0.786. The Kier molecular flexibility index (Phi) is 6.27. The first-order chi connectivity index (χ1) is 11.2. The Morgan fingerprint density at radius 1 is 1.38 bits per heavy atom. The number of rotatable bonds is 7. The summed E-state index contributed by atoms with van der Waals surface area (Å²) >= 11 is 1.18. The molecule has 2 heterocycles. The van der Waals surface area contributed by atoms with E-state index in [4.69, 9.17) is 4.42 Å². The lowest BCUT2D eigenvalue weighted by atomic mass is 10.2. The van der Waals surface area contributed by atoms with Crippen LogP contribution in [0.4, 0.5) is 0 Å². The average molecular weight is 377 g/mol. The van der Waals surface area contributed by atoms with Crippen LogP contribution in [0.15, 0.2) is 9.64 Å². The van der Waals surface area contributed by atoms with Crippen molar-refractivity contribution in [3.63, 3.8) is 0 Å². The molecule has 1 aliphatic rings. The van der Waals surface area contributed by atoms with Crippen molar-refractivity contribution >= 4 is 27.5 Å². The van der Waals surface area contributed by atoms with Gasteiger partial charge in [0.25, 0.3) is 5.22 Å². The topological polar surface area (TPSA) is 96.6 Å². The van der Waals surface area contributed by atoms with Gasteiger partial charge >= 0.3 is 0 Å². The summed E-state index contributed by atoms with van der Waals surface area (Å²) in [6.45, 7) is 2.04. The molecule has 0 radical (unpaired) electrons. The van der Waals surface area contributed by atoms with Crippen LogP contribution in [-0.4, -0.2) is 78.8 Å². The van der Waals surface area contributed by atoms with Crippen molar-refractivity contribution in [1.82, 2.24) is 20.0 Å². The minimum atomic E-state index is -3.00. The number of carbonyl (C=O) groups is 1. The number of thioether (sulfide) groups is 1. The summed E-state index contributed by atoms with van der Waals surface area (Å²) in [5.74, 6) is 0.742. The first-order valence-corrected chi connectivity index (χ1v) is 10.6. The SMILES string of the molecule is CC[C@H](c1nnc(SCC(=O)N(C)[C@H]2CCS(=O)(=O)C2)o1)N(C)C. The number of sulfone groups is 1. The molecule has 1 amide bonds. The van der Waals surface area contributed by atoms with E-state index in [1.807, 2.05) is 25.9 Å². The molecule has 24 heavy (non-hydrogen) atoms. The summed E-state index contributed by atoms with van der Waals surface area (Å²) in [7, 11) is 2.53. The van der Waals surface area contributed by atoms with Crippen LogP contribution >= 0.6 is 11.8 Å². The standard InChI is InChI=1S/C14H24N4O4S2/c1-5-11(17(2)3)13-15-16-14(22-13)23-8-12(19)18(4)10-6-7-24(20,21)9-10/h10-11H,5-9H2,1-4H3/t10-,11+/m0/s1. The maximum absolute atomic E-state index is 12.2. The number of amides is 1. The van der Waals surface area contributed by atoms with Crippen LogP contribution < -0.4 is 0 Å². The normalized spacial score (nSPS) is 21.1. The Labute approximate surface area is 146 Å². The third-order valence-electron chi connectivity index (χ3n) is 4.19. The van der Waals surface area contributed by atoms with Gasteiger partial charge in [-0.05, 0) is 26.9 Å². The second-order valence-corrected chi connectivity index (χ2v) is 9.30. The summed E-state index contributed by atoms with van der Waals surface area (Å²) in [6, 6.07) is -0.187. The van der Waals surface area contributed by atoms with Crippen molar-refractivity contribution in [2.75, 3.05) is 38.4 Å². The van der Waals surface area contributed by atoms with Crippen molar-refractivity contribution < 1.29 is 17.6 Å². The van der Waals surface area contributed by atoms with E-state index in [-0.39, 0.29) is 35.2 Å². The van der Waals surface area contributed by atoms with Gasteiger partial charge in [-0.1, -0.05) is 18.7 Å². The van der Waals surface area contributed by atoms with E-state index in [1.165, 1.54) is 16.7 Å². The lowest BCUT2D eigenvalue weighted by Gasteiger charge is -2.22. The van der Waals surface area contributed by atoms with Crippen molar-refractivity contribution in [2.45, 2.75) is 37.1 Å². The molecule has 0 unspecified atom stereocenters. The van der Waals surface area contributed by atoms with Crippen LogP contribution in [0.25, 0.3) is 0 Å². The molecule has 0 aliphatic carbocycles.